The molecule has 2 aromatic heterocycles. The molecule has 2 aliphatic rings. The van der Waals surface area contributed by atoms with Crippen molar-refractivity contribution in [1.29, 1.82) is 0 Å². The number of carbonyl (C=O) groups excluding carboxylic acids is 1. The minimum Gasteiger partial charge on any atom is -0.374 e. The average molecular weight is 306 g/mol. The maximum Gasteiger partial charge on any atom is 0.274 e. The fraction of sp³-hybridized carbons (Fsp3) is 0.467. The van der Waals surface area contributed by atoms with E-state index in [0.717, 1.165) is 19.3 Å². The number of fused-ring (bicyclic) bond motifs is 2. The zero-order valence-corrected chi connectivity index (χ0v) is 12.3. The van der Waals surface area contributed by atoms with Gasteiger partial charge in [0.15, 0.2) is 10.8 Å². The quantitative estimate of drug-likeness (QED) is 0.812. The van der Waals surface area contributed by atoms with Gasteiger partial charge in [-0.2, -0.15) is 0 Å². The number of pyridine rings is 1. The average Bonchev–Trinajstić information content (AvgIpc) is 3.09. The summed E-state index contributed by atoms with van der Waals surface area (Å²) in [4.78, 5) is 19.1. The molecular weight excluding hydrogens is 290 g/mol. The fourth-order valence-electron chi connectivity index (χ4n) is 3.47. The number of rotatable bonds is 1. The number of hydrogen-bond acceptors (Lipinski definition) is 3. The summed E-state index contributed by atoms with van der Waals surface area (Å²) >= 11 is 6.21. The minimum absolute atomic E-state index is 0.0427. The Balaban J connectivity index is 1.74. The summed E-state index contributed by atoms with van der Waals surface area (Å²) in [5.74, 6) is -0.0427. The number of morpholine rings is 1. The van der Waals surface area contributed by atoms with Crippen LogP contribution in [0.1, 0.15) is 29.8 Å². The number of ether oxygens (including phenoxy) is 1. The summed E-state index contributed by atoms with van der Waals surface area (Å²) < 4.78 is 7.54. The van der Waals surface area contributed by atoms with E-state index in [1.807, 2.05) is 29.3 Å². The lowest BCUT2D eigenvalue weighted by Crippen LogP contribution is -2.51. The molecule has 2 fully saturated rings. The third-order valence-corrected chi connectivity index (χ3v) is 4.70. The zero-order chi connectivity index (χ0) is 14.4. The van der Waals surface area contributed by atoms with Gasteiger partial charge in [-0.1, -0.05) is 17.7 Å². The van der Waals surface area contributed by atoms with Crippen LogP contribution in [0.15, 0.2) is 24.4 Å². The Morgan fingerprint density at radius 1 is 1.38 bits per heavy atom. The van der Waals surface area contributed by atoms with Gasteiger partial charge in [0.1, 0.15) is 5.65 Å². The lowest BCUT2D eigenvalue weighted by Gasteiger charge is -2.37. The van der Waals surface area contributed by atoms with Crippen LogP contribution in [0.25, 0.3) is 5.65 Å². The van der Waals surface area contributed by atoms with Gasteiger partial charge in [-0.05, 0) is 31.4 Å². The van der Waals surface area contributed by atoms with Gasteiger partial charge in [0.2, 0.25) is 0 Å². The molecule has 4 rings (SSSR count). The molecule has 6 heteroatoms. The molecule has 2 unspecified atom stereocenters. The van der Waals surface area contributed by atoms with Crippen LogP contribution in [0.3, 0.4) is 0 Å². The molecule has 110 valence electrons. The van der Waals surface area contributed by atoms with Gasteiger partial charge in [0.05, 0.1) is 18.8 Å². The Labute approximate surface area is 127 Å². The van der Waals surface area contributed by atoms with Crippen molar-refractivity contribution >= 4 is 23.2 Å². The molecule has 5 nitrogen and oxygen atoms in total. The number of nitrogens with zero attached hydrogens (tertiary/aromatic N) is 3. The van der Waals surface area contributed by atoms with E-state index in [-0.39, 0.29) is 23.2 Å². The molecule has 1 aliphatic heterocycles. The van der Waals surface area contributed by atoms with Crippen LogP contribution in [0.2, 0.25) is 5.15 Å². The first-order chi connectivity index (χ1) is 10.3. The highest BCUT2D eigenvalue weighted by Gasteiger charge is 2.39. The molecule has 1 saturated heterocycles. The summed E-state index contributed by atoms with van der Waals surface area (Å²) in [5, 5.41) is 0.271. The van der Waals surface area contributed by atoms with Crippen LogP contribution >= 0.6 is 11.6 Å². The summed E-state index contributed by atoms with van der Waals surface area (Å²) in [6.07, 6.45) is 5.16. The fourth-order valence-corrected chi connectivity index (χ4v) is 3.73. The van der Waals surface area contributed by atoms with Crippen LogP contribution in [0.4, 0.5) is 0 Å². The van der Waals surface area contributed by atoms with Gasteiger partial charge in [0, 0.05) is 12.7 Å². The maximum atomic E-state index is 13.0. The Morgan fingerprint density at radius 3 is 3.19 bits per heavy atom. The van der Waals surface area contributed by atoms with E-state index < -0.39 is 0 Å². The second-order valence-corrected chi connectivity index (χ2v) is 5.94. The number of amides is 1. The molecule has 2 aromatic rings. The number of carbonyl (C=O) groups is 1. The summed E-state index contributed by atoms with van der Waals surface area (Å²) in [7, 11) is 0. The second-order valence-electron chi connectivity index (χ2n) is 5.59. The van der Waals surface area contributed by atoms with E-state index in [2.05, 4.69) is 4.98 Å². The van der Waals surface area contributed by atoms with E-state index in [0.29, 0.717) is 24.5 Å². The number of aromatic nitrogens is 2. The van der Waals surface area contributed by atoms with Gasteiger partial charge in [-0.25, -0.2) is 4.98 Å². The third kappa shape index (κ3) is 2.03. The molecule has 0 radical (unpaired) electrons. The Morgan fingerprint density at radius 2 is 2.29 bits per heavy atom. The van der Waals surface area contributed by atoms with Gasteiger partial charge in [0.25, 0.3) is 5.91 Å². The number of halogens is 1. The van der Waals surface area contributed by atoms with Gasteiger partial charge < -0.3 is 9.64 Å². The van der Waals surface area contributed by atoms with Crippen molar-refractivity contribution in [1.82, 2.24) is 14.3 Å². The predicted molar refractivity (Wildman–Crippen MR) is 78.6 cm³/mol. The molecule has 1 amide bonds. The monoisotopic (exact) mass is 305 g/mol. The largest absolute Gasteiger partial charge is 0.374 e. The molecule has 21 heavy (non-hydrogen) atoms. The van der Waals surface area contributed by atoms with Crippen LogP contribution in [0.5, 0.6) is 0 Å². The van der Waals surface area contributed by atoms with Gasteiger partial charge in [-0.3, -0.25) is 9.20 Å². The number of hydrogen-bond donors (Lipinski definition) is 0. The van der Waals surface area contributed by atoms with Crippen molar-refractivity contribution in [2.24, 2.45) is 0 Å². The van der Waals surface area contributed by atoms with E-state index in [1.54, 1.807) is 4.40 Å². The van der Waals surface area contributed by atoms with Crippen molar-refractivity contribution in [3.63, 3.8) is 0 Å². The standard InChI is InChI=1S/C15H16ClN3O2/c16-14-13(19-7-2-1-6-12(19)17-14)15(20)18-8-9-21-11-5-3-4-10(11)18/h1-2,6-7,10-11H,3-5,8-9H2. The van der Waals surface area contributed by atoms with Crippen molar-refractivity contribution in [2.75, 3.05) is 13.2 Å². The summed E-state index contributed by atoms with van der Waals surface area (Å²) in [5.41, 5.74) is 1.15. The topological polar surface area (TPSA) is 46.8 Å². The molecule has 1 saturated carbocycles. The smallest absolute Gasteiger partial charge is 0.274 e. The molecule has 2 atom stereocenters. The highest BCUT2D eigenvalue weighted by Crippen LogP contribution is 2.31. The van der Waals surface area contributed by atoms with E-state index >= 15 is 0 Å². The first-order valence-electron chi connectivity index (χ1n) is 7.31. The molecule has 3 heterocycles. The zero-order valence-electron chi connectivity index (χ0n) is 11.5. The van der Waals surface area contributed by atoms with E-state index in [9.17, 15) is 4.79 Å². The first kappa shape index (κ1) is 13.1. The molecule has 0 aromatic carbocycles. The number of imidazole rings is 1. The lowest BCUT2D eigenvalue weighted by atomic mass is 10.1. The second kappa shape index (κ2) is 5.00. The van der Waals surface area contributed by atoms with Gasteiger partial charge >= 0.3 is 0 Å². The Hall–Kier alpha value is -1.59. The van der Waals surface area contributed by atoms with Crippen molar-refractivity contribution in [2.45, 2.75) is 31.4 Å². The molecule has 1 aliphatic carbocycles. The molecule has 0 N–H and O–H groups in total. The molecular formula is C15H16ClN3O2. The predicted octanol–water partition coefficient (Wildman–Crippen LogP) is 2.38. The van der Waals surface area contributed by atoms with Crippen LogP contribution in [-0.4, -0.2) is 45.5 Å². The highest BCUT2D eigenvalue weighted by molar-refractivity contribution is 6.32. The SMILES string of the molecule is O=C(c1c(Cl)nc2ccccn12)N1CCOC2CCCC21. The maximum absolute atomic E-state index is 13.0. The van der Waals surface area contributed by atoms with E-state index in [1.165, 1.54) is 0 Å². The summed E-state index contributed by atoms with van der Waals surface area (Å²) in [6, 6.07) is 5.78. The van der Waals surface area contributed by atoms with Crippen LogP contribution in [-0.2, 0) is 4.74 Å². The third-order valence-electron chi connectivity index (χ3n) is 4.43. The summed E-state index contributed by atoms with van der Waals surface area (Å²) in [6.45, 7) is 1.22. The molecule has 0 spiro atoms. The van der Waals surface area contributed by atoms with Gasteiger partial charge in [-0.15, -0.1) is 0 Å². The Kier molecular flexibility index (Phi) is 3.12. The highest BCUT2D eigenvalue weighted by atomic mass is 35.5. The van der Waals surface area contributed by atoms with Crippen molar-refractivity contribution in [3.8, 4) is 0 Å². The van der Waals surface area contributed by atoms with E-state index in [4.69, 9.17) is 16.3 Å². The lowest BCUT2D eigenvalue weighted by molar-refractivity contribution is -0.0447. The van der Waals surface area contributed by atoms with Crippen LogP contribution in [0, 0.1) is 0 Å². The first-order valence-corrected chi connectivity index (χ1v) is 7.68. The van der Waals surface area contributed by atoms with Crippen molar-refractivity contribution in [3.05, 3.63) is 35.2 Å². The normalized spacial score (nSPS) is 25.3. The minimum atomic E-state index is -0.0427. The van der Waals surface area contributed by atoms with Crippen LogP contribution < -0.4 is 0 Å². The molecule has 0 bridgehead atoms. The Bertz CT molecular complexity index is 699. The van der Waals surface area contributed by atoms with Crippen molar-refractivity contribution < 1.29 is 9.53 Å².